The molecule has 0 aromatic heterocycles. The number of esters is 1. The minimum atomic E-state index is -0.580. The topological polar surface area (TPSA) is 75.7 Å². The van der Waals surface area contributed by atoms with E-state index in [4.69, 9.17) is 4.74 Å². The molecule has 7 heteroatoms. The third kappa shape index (κ3) is 4.90. The molecule has 0 radical (unpaired) electrons. The number of anilines is 2. The van der Waals surface area contributed by atoms with Crippen molar-refractivity contribution in [1.82, 2.24) is 0 Å². The van der Waals surface area contributed by atoms with Gasteiger partial charge in [0.1, 0.15) is 0 Å². The maximum Gasteiger partial charge on any atom is 0.311 e. The van der Waals surface area contributed by atoms with Gasteiger partial charge in [0.05, 0.1) is 5.92 Å². The SMILES string of the molecule is Cc1ccc(N2C[C@@H](C(=O)OCC(=O)Nc3cc(C)c(Br)c(C)c3)CC2=O)cc1C. The summed E-state index contributed by atoms with van der Waals surface area (Å²) in [7, 11) is 0. The van der Waals surface area contributed by atoms with E-state index in [1.807, 2.05) is 58.0 Å². The van der Waals surface area contributed by atoms with E-state index >= 15 is 0 Å². The molecular weight excluding hydrogens is 448 g/mol. The van der Waals surface area contributed by atoms with Crippen molar-refractivity contribution in [2.75, 3.05) is 23.4 Å². The molecule has 30 heavy (non-hydrogen) atoms. The molecule has 1 saturated heterocycles. The predicted molar refractivity (Wildman–Crippen MR) is 120 cm³/mol. The van der Waals surface area contributed by atoms with Gasteiger partial charge in [-0.05, 0) is 74.2 Å². The van der Waals surface area contributed by atoms with Crippen LogP contribution in [0.2, 0.25) is 0 Å². The lowest BCUT2D eigenvalue weighted by Crippen LogP contribution is -2.28. The van der Waals surface area contributed by atoms with Crippen molar-refractivity contribution in [3.63, 3.8) is 0 Å². The smallest absolute Gasteiger partial charge is 0.311 e. The lowest BCUT2D eigenvalue weighted by atomic mass is 10.1. The first-order valence-electron chi connectivity index (χ1n) is 9.76. The van der Waals surface area contributed by atoms with E-state index in [9.17, 15) is 14.4 Å². The van der Waals surface area contributed by atoms with Gasteiger partial charge in [-0.15, -0.1) is 0 Å². The first kappa shape index (κ1) is 22.0. The molecule has 2 aromatic rings. The Kier molecular flexibility index (Phi) is 6.61. The van der Waals surface area contributed by atoms with Crippen molar-refractivity contribution in [2.45, 2.75) is 34.1 Å². The lowest BCUT2D eigenvalue weighted by Gasteiger charge is -2.18. The predicted octanol–water partition coefficient (Wildman–Crippen LogP) is 4.22. The van der Waals surface area contributed by atoms with E-state index in [2.05, 4.69) is 21.2 Å². The second-order valence-corrected chi connectivity index (χ2v) is 8.55. The van der Waals surface area contributed by atoms with Gasteiger partial charge in [0.25, 0.3) is 5.91 Å². The second kappa shape index (κ2) is 9.00. The van der Waals surface area contributed by atoms with Crippen LogP contribution in [0.25, 0.3) is 0 Å². The Morgan fingerprint density at radius 3 is 2.37 bits per heavy atom. The highest BCUT2D eigenvalue weighted by Crippen LogP contribution is 2.28. The number of nitrogens with zero attached hydrogens (tertiary/aromatic N) is 1. The van der Waals surface area contributed by atoms with Crippen LogP contribution >= 0.6 is 15.9 Å². The molecule has 2 amide bonds. The number of amides is 2. The number of hydrogen-bond acceptors (Lipinski definition) is 4. The first-order valence-corrected chi connectivity index (χ1v) is 10.6. The fourth-order valence-corrected chi connectivity index (χ4v) is 3.71. The summed E-state index contributed by atoms with van der Waals surface area (Å²) in [6.45, 7) is 7.73. The molecule has 1 atom stereocenters. The van der Waals surface area contributed by atoms with Crippen LogP contribution in [0.1, 0.15) is 28.7 Å². The number of carbonyl (C=O) groups excluding carboxylic acids is 3. The Balaban J connectivity index is 1.55. The summed E-state index contributed by atoms with van der Waals surface area (Å²) in [5.74, 6) is -1.65. The fraction of sp³-hybridized carbons (Fsp3) is 0.348. The van der Waals surface area contributed by atoms with Crippen LogP contribution in [0.15, 0.2) is 34.8 Å². The van der Waals surface area contributed by atoms with E-state index in [1.54, 1.807) is 4.90 Å². The Bertz CT molecular complexity index is 995. The quantitative estimate of drug-likeness (QED) is 0.660. The van der Waals surface area contributed by atoms with Gasteiger partial charge in [0, 0.05) is 28.8 Å². The van der Waals surface area contributed by atoms with Crippen LogP contribution < -0.4 is 10.2 Å². The molecule has 158 valence electrons. The minimum absolute atomic E-state index is 0.0818. The average molecular weight is 473 g/mol. The molecule has 1 aliphatic heterocycles. The summed E-state index contributed by atoms with van der Waals surface area (Å²) < 4.78 is 6.17. The maximum atomic E-state index is 12.4. The first-order chi connectivity index (χ1) is 14.2. The Hall–Kier alpha value is -2.67. The van der Waals surface area contributed by atoms with Crippen molar-refractivity contribution in [2.24, 2.45) is 5.92 Å². The van der Waals surface area contributed by atoms with Crippen molar-refractivity contribution in [1.29, 1.82) is 0 Å². The van der Waals surface area contributed by atoms with Gasteiger partial charge < -0.3 is 15.0 Å². The molecule has 1 N–H and O–H groups in total. The molecule has 1 heterocycles. The van der Waals surface area contributed by atoms with Crippen molar-refractivity contribution in [3.05, 3.63) is 57.1 Å². The van der Waals surface area contributed by atoms with Gasteiger partial charge in [-0.3, -0.25) is 14.4 Å². The summed E-state index contributed by atoms with van der Waals surface area (Å²) in [6.07, 6.45) is 0.0818. The zero-order valence-corrected chi connectivity index (χ0v) is 19.1. The number of rotatable bonds is 5. The summed E-state index contributed by atoms with van der Waals surface area (Å²) in [6, 6.07) is 9.46. The van der Waals surface area contributed by atoms with Crippen LogP contribution in [0.3, 0.4) is 0 Å². The van der Waals surface area contributed by atoms with E-state index in [0.29, 0.717) is 5.69 Å². The van der Waals surface area contributed by atoms with Crippen molar-refractivity contribution in [3.8, 4) is 0 Å². The van der Waals surface area contributed by atoms with Crippen LogP contribution in [-0.2, 0) is 19.1 Å². The maximum absolute atomic E-state index is 12.4. The third-order valence-corrected chi connectivity index (χ3v) is 6.58. The average Bonchev–Trinajstić information content (AvgIpc) is 3.08. The molecule has 0 saturated carbocycles. The fourth-order valence-electron chi connectivity index (χ4n) is 3.48. The molecule has 3 rings (SSSR count). The molecule has 0 unspecified atom stereocenters. The number of nitrogens with one attached hydrogen (secondary N) is 1. The van der Waals surface area contributed by atoms with Crippen molar-refractivity contribution >= 4 is 45.1 Å². The van der Waals surface area contributed by atoms with E-state index in [-0.39, 0.29) is 25.5 Å². The molecule has 0 spiro atoms. The molecule has 1 fully saturated rings. The van der Waals surface area contributed by atoms with Gasteiger partial charge in [-0.1, -0.05) is 22.0 Å². The zero-order valence-electron chi connectivity index (χ0n) is 17.5. The number of halogens is 1. The molecular formula is C23H25BrN2O4. The highest BCUT2D eigenvalue weighted by molar-refractivity contribution is 9.10. The summed E-state index contributed by atoms with van der Waals surface area (Å²) in [5.41, 5.74) is 5.64. The molecule has 0 bridgehead atoms. The molecule has 1 aliphatic rings. The monoisotopic (exact) mass is 472 g/mol. The summed E-state index contributed by atoms with van der Waals surface area (Å²) >= 11 is 3.49. The van der Waals surface area contributed by atoms with E-state index < -0.39 is 17.8 Å². The number of ether oxygens (including phenoxy) is 1. The van der Waals surface area contributed by atoms with Crippen LogP contribution in [0.5, 0.6) is 0 Å². The molecule has 0 aliphatic carbocycles. The third-order valence-electron chi connectivity index (χ3n) is 5.33. The summed E-state index contributed by atoms with van der Waals surface area (Å²) in [5, 5.41) is 2.74. The van der Waals surface area contributed by atoms with Crippen molar-refractivity contribution < 1.29 is 19.1 Å². The molecule has 6 nitrogen and oxygen atoms in total. The normalized spacial score (nSPS) is 16.0. The number of hydrogen-bond donors (Lipinski definition) is 1. The standard InChI is InChI=1S/C23H25BrN2O4/c1-13-5-6-19(9-14(13)2)26-11-17(10-21(26)28)23(29)30-12-20(27)25-18-7-15(3)22(24)16(4)8-18/h5-9,17H,10-12H2,1-4H3,(H,25,27)/t17-/m0/s1. The number of benzene rings is 2. The van der Waals surface area contributed by atoms with Crippen LogP contribution in [-0.4, -0.2) is 30.9 Å². The van der Waals surface area contributed by atoms with Gasteiger partial charge in [0.15, 0.2) is 6.61 Å². The van der Waals surface area contributed by atoms with Crippen LogP contribution in [0, 0.1) is 33.6 Å². The van der Waals surface area contributed by atoms with Gasteiger partial charge >= 0.3 is 5.97 Å². The molecule has 2 aromatic carbocycles. The highest BCUT2D eigenvalue weighted by atomic mass is 79.9. The summed E-state index contributed by atoms with van der Waals surface area (Å²) in [4.78, 5) is 38.6. The largest absolute Gasteiger partial charge is 0.455 e. The minimum Gasteiger partial charge on any atom is -0.455 e. The second-order valence-electron chi connectivity index (χ2n) is 7.75. The Morgan fingerprint density at radius 1 is 1.07 bits per heavy atom. The van der Waals surface area contributed by atoms with Gasteiger partial charge in [-0.25, -0.2) is 0 Å². The Morgan fingerprint density at radius 2 is 1.73 bits per heavy atom. The van der Waals surface area contributed by atoms with E-state index in [0.717, 1.165) is 32.4 Å². The zero-order chi connectivity index (χ0) is 22.0. The highest BCUT2D eigenvalue weighted by Gasteiger charge is 2.36. The number of carbonyl (C=O) groups is 3. The Labute approximate surface area is 184 Å². The van der Waals surface area contributed by atoms with E-state index in [1.165, 1.54) is 0 Å². The van der Waals surface area contributed by atoms with Crippen LogP contribution in [0.4, 0.5) is 11.4 Å². The van der Waals surface area contributed by atoms with Gasteiger partial charge in [0.2, 0.25) is 5.91 Å². The van der Waals surface area contributed by atoms with Gasteiger partial charge in [-0.2, -0.15) is 0 Å². The number of aryl methyl sites for hydroxylation is 4. The lowest BCUT2D eigenvalue weighted by molar-refractivity contribution is -0.151.